The molecule has 1 aliphatic heterocycles. The molecule has 0 bridgehead atoms. The lowest BCUT2D eigenvalue weighted by atomic mass is 9.92. The second-order valence-corrected chi connectivity index (χ2v) is 7.47. The minimum Gasteiger partial charge on any atom is -0.323 e. The van der Waals surface area contributed by atoms with E-state index >= 15 is 0 Å². The highest BCUT2D eigenvalue weighted by Crippen LogP contribution is 2.39. The zero-order valence-electron chi connectivity index (χ0n) is 15.2. The summed E-state index contributed by atoms with van der Waals surface area (Å²) in [6, 6.07) is 7.02. The van der Waals surface area contributed by atoms with Crippen molar-refractivity contribution < 1.29 is 18.5 Å². The molecule has 1 N–H and O–H groups in total. The second-order valence-electron chi connectivity index (χ2n) is 6.53. The van der Waals surface area contributed by atoms with Crippen molar-refractivity contribution in [2.24, 2.45) is 5.92 Å². The van der Waals surface area contributed by atoms with Crippen LogP contribution in [0, 0.1) is 16.0 Å². The molecule has 0 atom stereocenters. The number of hydrogen-bond acceptors (Lipinski definition) is 7. The number of halogens is 2. The lowest BCUT2D eigenvalue weighted by molar-refractivity contribution is -0.384. The Balaban J connectivity index is 1.47. The fourth-order valence-corrected chi connectivity index (χ4v) is 3.66. The van der Waals surface area contributed by atoms with Crippen LogP contribution in [0.15, 0.2) is 48.1 Å². The number of aromatic nitrogens is 3. The number of anilines is 1. The van der Waals surface area contributed by atoms with Gasteiger partial charge < -0.3 is 4.90 Å². The van der Waals surface area contributed by atoms with E-state index in [2.05, 4.69) is 20.3 Å². The second kappa shape index (κ2) is 7.71. The first kappa shape index (κ1) is 19.8. The third-order valence-corrected chi connectivity index (χ3v) is 5.51. The number of thiophene rings is 1. The first-order chi connectivity index (χ1) is 14.4. The van der Waals surface area contributed by atoms with Gasteiger partial charge in [0.15, 0.2) is 5.82 Å². The Morgan fingerprint density at radius 2 is 1.97 bits per heavy atom. The summed E-state index contributed by atoms with van der Waals surface area (Å²) in [4.78, 5) is 36.3. The first-order valence-corrected chi connectivity index (χ1v) is 9.65. The number of carbonyl (C=O) groups excluding carboxylic acids is 1. The number of carbonyl (C=O) groups is 1. The van der Waals surface area contributed by atoms with Gasteiger partial charge in [0, 0.05) is 31.5 Å². The van der Waals surface area contributed by atoms with Gasteiger partial charge >= 0.3 is 17.6 Å². The van der Waals surface area contributed by atoms with Crippen molar-refractivity contribution in [1.29, 1.82) is 0 Å². The van der Waals surface area contributed by atoms with Crippen LogP contribution in [0.2, 0.25) is 0 Å². The molecule has 9 nitrogen and oxygen atoms in total. The summed E-state index contributed by atoms with van der Waals surface area (Å²) in [7, 11) is 0. The number of nitrogens with zero attached hydrogens (tertiary/aromatic N) is 5. The van der Waals surface area contributed by atoms with Crippen LogP contribution < -0.4 is 5.32 Å². The van der Waals surface area contributed by atoms with E-state index in [0.29, 0.717) is 5.69 Å². The summed E-state index contributed by atoms with van der Waals surface area (Å²) in [5.41, 5.74) is 0.0730. The molecule has 1 fully saturated rings. The number of rotatable bonds is 5. The zero-order chi connectivity index (χ0) is 21.3. The molecule has 0 aromatic carbocycles. The summed E-state index contributed by atoms with van der Waals surface area (Å²) in [6.45, 7) is -0.481. The van der Waals surface area contributed by atoms with E-state index in [-0.39, 0.29) is 24.6 Å². The standard InChI is InChI=1S/C18H14F2N6O3S/c19-18(20,16-21-6-2-7-22-16)11-9-25(10-11)17(27)24-15-13(26(28)29)5-4-12(23-15)14-3-1-8-30-14/h1-8,11H,9-10H2,(H,23,24,27). The van der Waals surface area contributed by atoms with Crippen molar-refractivity contribution >= 4 is 28.9 Å². The third kappa shape index (κ3) is 3.68. The number of alkyl halides is 2. The molecule has 12 heteroatoms. The van der Waals surface area contributed by atoms with Gasteiger partial charge in [0.05, 0.1) is 21.4 Å². The van der Waals surface area contributed by atoms with Crippen molar-refractivity contribution in [3.63, 3.8) is 0 Å². The smallest absolute Gasteiger partial charge is 0.323 e. The number of amides is 2. The molecule has 3 aromatic rings. The number of nitro groups is 1. The van der Waals surface area contributed by atoms with Gasteiger partial charge in [0.2, 0.25) is 5.82 Å². The van der Waals surface area contributed by atoms with Gasteiger partial charge in [-0.25, -0.2) is 19.7 Å². The third-order valence-electron chi connectivity index (χ3n) is 4.61. The maximum absolute atomic E-state index is 14.5. The van der Waals surface area contributed by atoms with Crippen LogP contribution >= 0.6 is 11.3 Å². The van der Waals surface area contributed by atoms with Crippen molar-refractivity contribution in [3.8, 4) is 10.6 Å². The highest BCUT2D eigenvalue weighted by atomic mass is 32.1. The Kier molecular flexibility index (Phi) is 5.08. The van der Waals surface area contributed by atoms with Crippen LogP contribution in [0.25, 0.3) is 10.6 Å². The van der Waals surface area contributed by atoms with Gasteiger partial charge in [0.25, 0.3) is 0 Å². The summed E-state index contributed by atoms with van der Waals surface area (Å²) in [5.74, 6) is -5.28. The number of hydrogen-bond donors (Lipinski definition) is 1. The van der Waals surface area contributed by atoms with E-state index in [1.807, 2.05) is 5.38 Å². The SMILES string of the molecule is O=C(Nc1nc(-c2cccs2)ccc1[N+](=O)[O-])N1CC(C(F)(F)c2ncccn2)C1. The van der Waals surface area contributed by atoms with Crippen molar-refractivity contribution in [2.75, 3.05) is 18.4 Å². The van der Waals surface area contributed by atoms with Crippen molar-refractivity contribution in [2.45, 2.75) is 5.92 Å². The molecule has 0 spiro atoms. The minimum absolute atomic E-state index is 0.238. The maximum atomic E-state index is 14.5. The Morgan fingerprint density at radius 3 is 2.60 bits per heavy atom. The molecule has 4 heterocycles. The zero-order valence-corrected chi connectivity index (χ0v) is 16.1. The van der Waals surface area contributed by atoms with E-state index in [9.17, 15) is 23.7 Å². The average molecular weight is 432 g/mol. The summed E-state index contributed by atoms with van der Waals surface area (Å²) in [6.07, 6.45) is 2.45. The molecular formula is C18H14F2N6O3S. The van der Waals surface area contributed by atoms with Crippen LogP contribution in [-0.4, -0.2) is 43.9 Å². The van der Waals surface area contributed by atoms with E-state index < -0.39 is 28.6 Å². The van der Waals surface area contributed by atoms with Gasteiger partial charge in [-0.15, -0.1) is 11.3 Å². The molecule has 0 saturated carbocycles. The fourth-order valence-electron chi connectivity index (χ4n) is 2.96. The number of pyridine rings is 1. The lowest BCUT2D eigenvalue weighted by Crippen LogP contribution is -2.57. The summed E-state index contributed by atoms with van der Waals surface area (Å²) >= 11 is 1.39. The highest BCUT2D eigenvalue weighted by Gasteiger charge is 2.51. The van der Waals surface area contributed by atoms with Gasteiger partial charge in [0.1, 0.15) is 0 Å². The molecule has 154 valence electrons. The Hall–Kier alpha value is -3.54. The Morgan fingerprint density at radius 1 is 1.23 bits per heavy atom. The summed E-state index contributed by atoms with van der Waals surface area (Å²) < 4.78 is 28.9. The number of likely N-dealkylation sites (tertiary alicyclic amines) is 1. The fraction of sp³-hybridized carbons (Fsp3) is 0.222. The van der Waals surface area contributed by atoms with Gasteiger partial charge in [-0.1, -0.05) is 6.07 Å². The summed E-state index contributed by atoms with van der Waals surface area (Å²) in [5, 5.41) is 15.5. The molecule has 30 heavy (non-hydrogen) atoms. The normalized spacial score (nSPS) is 14.3. The number of nitrogens with one attached hydrogen (secondary N) is 1. The first-order valence-electron chi connectivity index (χ1n) is 8.77. The molecule has 2 amide bonds. The minimum atomic E-state index is -3.29. The predicted molar refractivity (Wildman–Crippen MR) is 104 cm³/mol. The molecular weight excluding hydrogens is 418 g/mol. The van der Waals surface area contributed by atoms with Crippen LogP contribution in [0.3, 0.4) is 0 Å². The molecule has 1 saturated heterocycles. The molecule has 3 aromatic heterocycles. The number of urea groups is 1. The Bertz CT molecular complexity index is 1070. The molecule has 1 aliphatic rings. The molecule has 0 radical (unpaired) electrons. The quantitative estimate of drug-likeness (QED) is 0.485. The molecule has 0 aliphatic carbocycles. The molecule has 4 rings (SSSR count). The monoisotopic (exact) mass is 432 g/mol. The van der Waals surface area contributed by atoms with Crippen molar-refractivity contribution in [1.82, 2.24) is 19.9 Å². The maximum Gasteiger partial charge on any atom is 0.323 e. The van der Waals surface area contributed by atoms with Gasteiger partial charge in [-0.3, -0.25) is 15.4 Å². The highest BCUT2D eigenvalue weighted by molar-refractivity contribution is 7.13. The van der Waals surface area contributed by atoms with E-state index in [1.54, 1.807) is 12.1 Å². The van der Waals surface area contributed by atoms with E-state index in [1.165, 1.54) is 41.9 Å². The van der Waals surface area contributed by atoms with Crippen LogP contribution in [0.1, 0.15) is 5.82 Å². The lowest BCUT2D eigenvalue weighted by Gasteiger charge is -2.41. The van der Waals surface area contributed by atoms with E-state index in [4.69, 9.17) is 0 Å². The Labute approximate surface area is 172 Å². The van der Waals surface area contributed by atoms with Crippen molar-refractivity contribution in [3.05, 3.63) is 64.0 Å². The van der Waals surface area contributed by atoms with Crippen LogP contribution in [0.4, 0.5) is 25.1 Å². The van der Waals surface area contributed by atoms with Crippen LogP contribution in [-0.2, 0) is 5.92 Å². The largest absolute Gasteiger partial charge is 0.323 e. The predicted octanol–water partition coefficient (Wildman–Crippen LogP) is 3.76. The topological polar surface area (TPSA) is 114 Å². The molecule has 0 unspecified atom stereocenters. The average Bonchev–Trinajstić information content (AvgIpc) is 3.22. The van der Waals surface area contributed by atoms with Crippen LogP contribution in [0.5, 0.6) is 0 Å². The van der Waals surface area contributed by atoms with Gasteiger partial charge in [-0.2, -0.15) is 8.78 Å². The van der Waals surface area contributed by atoms with E-state index in [0.717, 1.165) is 9.78 Å². The van der Waals surface area contributed by atoms with Gasteiger partial charge in [-0.05, 0) is 23.6 Å².